The quantitative estimate of drug-likeness (QED) is 0.898. The van der Waals surface area contributed by atoms with Crippen LogP contribution in [-0.4, -0.2) is 22.3 Å². The van der Waals surface area contributed by atoms with Crippen LogP contribution in [0.2, 0.25) is 0 Å². The minimum atomic E-state index is -5.96. The van der Waals surface area contributed by atoms with Gasteiger partial charge in [0.05, 0.1) is 0 Å². The van der Waals surface area contributed by atoms with E-state index in [0.717, 1.165) is 12.1 Å². The van der Waals surface area contributed by atoms with Gasteiger partial charge in [-0.3, -0.25) is 0 Å². The Bertz CT molecular complexity index is 622. The Morgan fingerprint density at radius 2 is 1.44 bits per heavy atom. The van der Waals surface area contributed by atoms with Crippen LogP contribution in [0.1, 0.15) is 10.1 Å². The number of sulfone groups is 1. The molecule has 0 bridgehead atoms. The predicted molar refractivity (Wildman–Crippen MR) is 57.3 cm³/mol. The van der Waals surface area contributed by atoms with Gasteiger partial charge in [-0.25, -0.2) is 22.0 Å². The maximum atomic E-state index is 12.4. The topological polar surface area (TPSA) is 94.3 Å². The van der Waals surface area contributed by atoms with Crippen LogP contribution in [0.25, 0.3) is 0 Å². The molecule has 0 heterocycles. The number of rotatable bonds is 3. The van der Waals surface area contributed by atoms with E-state index in [-0.39, 0.29) is 0 Å². The molecule has 0 aliphatic carbocycles. The number of primary sulfonamides is 1. The highest BCUT2D eigenvalue weighted by Crippen LogP contribution is 2.37. The first-order valence-corrected chi connectivity index (χ1v) is 7.50. The second-order valence-corrected chi connectivity index (χ2v) is 7.29. The Kier molecular flexibility index (Phi) is 3.75. The maximum Gasteiger partial charge on any atom is 0.499 e. The summed E-state index contributed by atoms with van der Waals surface area (Å²) in [6.45, 7) is 0. The zero-order valence-electron chi connectivity index (χ0n) is 8.62. The monoisotopic (exact) mass is 303 g/mol. The normalized spacial score (nSPS) is 15.3. The smallest absolute Gasteiger partial charge is 0.227 e. The van der Waals surface area contributed by atoms with E-state index < -0.39 is 35.5 Å². The highest BCUT2D eigenvalue weighted by molar-refractivity contribution is 8.07. The highest BCUT2D eigenvalue weighted by atomic mass is 32.3. The lowest BCUT2D eigenvalue weighted by Gasteiger charge is -2.17. The minimum Gasteiger partial charge on any atom is -0.227 e. The number of sulfonamides is 1. The van der Waals surface area contributed by atoms with Crippen molar-refractivity contribution >= 4 is 19.9 Å². The van der Waals surface area contributed by atoms with Crippen LogP contribution >= 0.6 is 0 Å². The molecule has 0 radical (unpaired) electrons. The van der Waals surface area contributed by atoms with Crippen LogP contribution < -0.4 is 5.14 Å². The first-order valence-electron chi connectivity index (χ1n) is 4.34. The number of hydrogen-bond donors (Lipinski definition) is 1. The summed E-state index contributed by atoms with van der Waals surface area (Å²) in [5, 5.41) is 4.59. The van der Waals surface area contributed by atoms with Crippen LogP contribution in [0.5, 0.6) is 0 Å². The summed E-state index contributed by atoms with van der Waals surface area (Å²) >= 11 is 0. The van der Waals surface area contributed by atoms with Gasteiger partial charge >= 0.3 is 5.51 Å². The van der Waals surface area contributed by atoms with Gasteiger partial charge in [0.1, 0.15) is 0 Å². The van der Waals surface area contributed by atoms with Gasteiger partial charge in [-0.15, -0.1) is 0 Å². The second kappa shape index (κ2) is 4.52. The van der Waals surface area contributed by atoms with Gasteiger partial charge in [0.15, 0.2) is 0 Å². The van der Waals surface area contributed by atoms with E-state index in [1.807, 2.05) is 0 Å². The van der Waals surface area contributed by atoms with Crippen LogP contribution in [0.3, 0.4) is 0 Å². The molecule has 0 aliphatic heterocycles. The van der Waals surface area contributed by atoms with Gasteiger partial charge < -0.3 is 0 Å². The third kappa shape index (κ3) is 2.82. The van der Waals surface area contributed by atoms with E-state index in [9.17, 15) is 30.0 Å². The molecule has 0 amide bonds. The predicted octanol–water partition coefficient (Wildman–Crippen LogP) is 0.908. The van der Waals surface area contributed by atoms with Gasteiger partial charge in [-0.2, -0.15) is 13.2 Å². The first-order chi connectivity index (χ1) is 7.98. The Morgan fingerprint density at radius 1 is 1.00 bits per heavy atom. The van der Waals surface area contributed by atoms with E-state index in [1.165, 1.54) is 18.2 Å². The van der Waals surface area contributed by atoms with Crippen LogP contribution in [0.4, 0.5) is 13.2 Å². The lowest BCUT2D eigenvalue weighted by atomic mass is 10.2. The van der Waals surface area contributed by atoms with Crippen molar-refractivity contribution in [3.63, 3.8) is 0 Å². The fourth-order valence-corrected chi connectivity index (χ4v) is 4.31. The first kappa shape index (κ1) is 14.9. The van der Waals surface area contributed by atoms with E-state index in [4.69, 9.17) is 0 Å². The lowest BCUT2D eigenvalue weighted by Crippen LogP contribution is -2.36. The summed E-state index contributed by atoms with van der Waals surface area (Å²) in [5.74, 6) is 0. The summed E-state index contributed by atoms with van der Waals surface area (Å²) in [6, 6.07) is 5.69. The molecule has 18 heavy (non-hydrogen) atoms. The average molecular weight is 303 g/mol. The Labute approximate surface area is 101 Å². The standard InChI is InChI=1S/C8H8F3NO4S2/c9-8(10,11)17(13,14)7(18(12,15)16)6-4-2-1-3-5-6/h1-5,7H,(H2,12,15,16). The number of halogens is 3. The Balaban J connectivity index is 3.54. The summed E-state index contributed by atoms with van der Waals surface area (Å²) < 4.78 is 79.0. The summed E-state index contributed by atoms with van der Waals surface area (Å²) in [6.07, 6.45) is 0. The summed E-state index contributed by atoms with van der Waals surface area (Å²) in [4.78, 5) is 0. The number of benzene rings is 1. The fourth-order valence-electron chi connectivity index (χ4n) is 1.28. The SMILES string of the molecule is NS(=O)(=O)C(c1ccccc1)S(=O)(=O)C(F)(F)F. The third-order valence-corrected chi connectivity index (χ3v) is 5.89. The molecule has 0 aliphatic rings. The van der Waals surface area contributed by atoms with Gasteiger partial charge in [0.2, 0.25) is 14.6 Å². The van der Waals surface area contributed by atoms with E-state index >= 15 is 0 Å². The van der Waals surface area contributed by atoms with E-state index in [1.54, 1.807) is 0 Å². The van der Waals surface area contributed by atoms with Crippen LogP contribution in [0.15, 0.2) is 30.3 Å². The molecule has 102 valence electrons. The molecular weight excluding hydrogens is 295 g/mol. The van der Waals surface area contributed by atoms with Crippen molar-refractivity contribution in [3.05, 3.63) is 35.9 Å². The molecule has 0 saturated carbocycles. The molecule has 0 spiro atoms. The molecule has 0 saturated heterocycles. The Morgan fingerprint density at radius 3 is 1.78 bits per heavy atom. The van der Waals surface area contributed by atoms with Gasteiger partial charge in [-0.1, -0.05) is 30.3 Å². The second-order valence-electron chi connectivity index (χ2n) is 3.32. The van der Waals surface area contributed by atoms with Crippen LogP contribution in [0, 0.1) is 0 Å². The zero-order valence-corrected chi connectivity index (χ0v) is 10.3. The molecule has 10 heteroatoms. The molecule has 0 aromatic heterocycles. The van der Waals surface area contributed by atoms with Crippen LogP contribution in [-0.2, 0) is 19.9 Å². The Hall–Kier alpha value is -1.13. The van der Waals surface area contributed by atoms with Crippen molar-refractivity contribution in [1.29, 1.82) is 0 Å². The van der Waals surface area contributed by atoms with Gasteiger partial charge in [-0.05, 0) is 5.56 Å². The molecular formula is C8H8F3NO4S2. The molecule has 1 unspecified atom stereocenters. The maximum absolute atomic E-state index is 12.4. The van der Waals surface area contributed by atoms with Gasteiger partial charge in [0, 0.05) is 0 Å². The van der Waals surface area contributed by atoms with E-state index in [0.29, 0.717) is 0 Å². The zero-order chi connectivity index (χ0) is 14.2. The van der Waals surface area contributed by atoms with Crippen molar-refractivity contribution in [2.75, 3.05) is 0 Å². The highest BCUT2D eigenvalue weighted by Gasteiger charge is 2.55. The van der Waals surface area contributed by atoms with Crippen molar-refractivity contribution in [2.24, 2.45) is 5.14 Å². The molecule has 1 aromatic carbocycles. The largest absolute Gasteiger partial charge is 0.499 e. The average Bonchev–Trinajstić information content (AvgIpc) is 2.14. The minimum absolute atomic E-state index is 0.558. The van der Waals surface area contributed by atoms with E-state index in [2.05, 4.69) is 5.14 Å². The summed E-state index contributed by atoms with van der Waals surface area (Å²) in [7, 11) is -10.9. The number of hydrogen-bond acceptors (Lipinski definition) is 4. The van der Waals surface area contributed by atoms with Crippen molar-refractivity contribution in [2.45, 2.75) is 10.1 Å². The number of alkyl halides is 3. The molecule has 2 N–H and O–H groups in total. The molecule has 1 aromatic rings. The lowest BCUT2D eigenvalue weighted by molar-refractivity contribution is -0.0439. The number of nitrogens with two attached hydrogens (primary N) is 1. The fraction of sp³-hybridized carbons (Fsp3) is 0.250. The third-order valence-electron chi connectivity index (χ3n) is 1.97. The van der Waals surface area contributed by atoms with Crippen molar-refractivity contribution in [1.82, 2.24) is 0 Å². The molecule has 5 nitrogen and oxygen atoms in total. The van der Waals surface area contributed by atoms with Crippen molar-refractivity contribution in [3.8, 4) is 0 Å². The summed E-state index contributed by atoms with van der Waals surface area (Å²) in [5.41, 5.74) is -6.27. The van der Waals surface area contributed by atoms with Crippen molar-refractivity contribution < 1.29 is 30.0 Å². The molecule has 1 atom stereocenters. The molecule has 0 fully saturated rings. The molecule has 1 rings (SSSR count). The van der Waals surface area contributed by atoms with Gasteiger partial charge in [0.25, 0.3) is 9.84 Å².